The number of rotatable bonds is 8. The Balaban J connectivity index is 3.67. The number of hydrogen-bond acceptors (Lipinski definition) is 5. The average Bonchev–Trinajstić information content (AvgIpc) is 2.31. The van der Waals surface area contributed by atoms with E-state index in [-0.39, 0.29) is 31.0 Å². The molecule has 0 aliphatic heterocycles. The van der Waals surface area contributed by atoms with Crippen molar-refractivity contribution in [2.75, 3.05) is 6.54 Å². The highest BCUT2D eigenvalue weighted by Gasteiger charge is 2.10. The van der Waals surface area contributed by atoms with Gasteiger partial charge in [-0.05, 0) is 19.8 Å². The summed E-state index contributed by atoms with van der Waals surface area (Å²) in [7, 11) is 0. The third-order valence-electron chi connectivity index (χ3n) is 2.28. The van der Waals surface area contributed by atoms with Gasteiger partial charge in [0.2, 0.25) is 5.91 Å². The zero-order valence-corrected chi connectivity index (χ0v) is 10.9. The first-order valence-electron chi connectivity index (χ1n) is 5.93. The van der Waals surface area contributed by atoms with Crippen LogP contribution in [0.2, 0.25) is 0 Å². The minimum atomic E-state index is -1.06. The number of amides is 1. The number of nitrogens with two attached hydrogens (primary N) is 1. The van der Waals surface area contributed by atoms with Gasteiger partial charge < -0.3 is 21.0 Å². The highest BCUT2D eigenvalue weighted by molar-refractivity contribution is 5.96. The van der Waals surface area contributed by atoms with Crippen LogP contribution in [0.3, 0.4) is 0 Å². The summed E-state index contributed by atoms with van der Waals surface area (Å²) >= 11 is 0. The molecule has 0 heterocycles. The molecule has 0 saturated carbocycles. The lowest BCUT2D eigenvalue weighted by atomic mass is 10.2. The Morgan fingerprint density at radius 1 is 1.32 bits per heavy atom. The molecule has 0 radical (unpaired) electrons. The van der Waals surface area contributed by atoms with Gasteiger partial charge in [-0.3, -0.25) is 20.3 Å². The Kier molecular flexibility index (Phi) is 8.10. The first-order valence-corrected chi connectivity index (χ1v) is 5.93. The zero-order chi connectivity index (χ0) is 14.8. The van der Waals surface area contributed by atoms with Gasteiger partial charge in [0.15, 0.2) is 5.96 Å². The molecule has 1 unspecified atom stereocenters. The third kappa shape index (κ3) is 9.72. The molecule has 0 aromatic rings. The number of carboxylic acids is 1. The van der Waals surface area contributed by atoms with Gasteiger partial charge in [0.05, 0.1) is 0 Å². The lowest BCUT2D eigenvalue weighted by Gasteiger charge is -2.10. The van der Waals surface area contributed by atoms with Gasteiger partial charge in [-0.15, -0.1) is 0 Å². The summed E-state index contributed by atoms with van der Waals surface area (Å²) in [6.07, 6.45) is 0.947. The highest BCUT2D eigenvalue weighted by atomic mass is 16.4. The van der Waals surface area contributed by atoms with Crippen molar-refractivity contribution in [3.8, 4) is 0 Å². The summed E-state index contributed by atoms with van der Waals surface area (Å²) in [6, 6.07) is -0.916. The molecule has 0 fully saturated rings. The first kappa shape index (κ1) is 17.0. The van der Waals surface area contributed by atoms with Crippen LogP contribution in [-0.2, 0) is 14.4 Å². The van der Waals surface area contributed by atoms with E-state index in [1.165, 1.54) is 6.92 Å². The van der Waals surface area contributed by atoms with E-state index in [1.807, 2.05) is 0 Å². The molecule has 108 valence electrons. The molecule has 0 aromatic carbocycles. The summed E-state index contributed by atoms with van der Waals surface area (Å²) in [5, 5.41) is 20.8. The van der Waals surface area contributed by atoms with Crippen LogP contribution in [0.4, 0.5) is 0 Å². The molecule has 0 spiro atoms. The summed E-state index contributed by atoms with van der Waals surface area (Å²) in [5.74, 6) is -1.72. The van der Waals surface area contributed by atoms with E-state index in [4.69, 9.17) is 16.2 Å². The van der Waals surface area contributed by atoms with E-state index < -0.39 is 17.9 Å². The second-order valence-corrected chi connectivity index (χ2v) is 4.14. The van der Waals surface area contributed by atoms with Crippen LogP contribution >= 0.6 is 0 Å². The summed E-state index contributed by atoms with van der Waals surface area (Å²) in [5.41, 5.74) is 5.30. The second-order valence-electron chi connectivity index (χ2n) is 4.14. The Morgan fingerprint density at radius 2 is 1.95 bits per heavy atom. The number of carboxylic acid groups (broad SMARTS) is 1. The largest absolute Gasteiger partial charge is 0.480 e. The number of aliphatic carboxylic acids is 1. The van der Waals surface area contributed by atoms with E-state index in [0.29, 0.717) is 13.0 Å². The molecule has 0 saturated heterocycles. The molecule has 6 N–H and O–H groups in total. The van der Waals surface area contributed by atoms with Crippen LogP contribution in [-0.4, -0.2) is 41.3 Å². The van der Waals surface area contributed by atoms with Crippen LogP contribution in [0, 0.1) is 5.41 Å². The molecular formula is C11H20N4O4. The smallest absolute Gasteiger partial charge is 0.320 e. The van der Waals surface area contributed by atoms with Crippen LogP contribution in [0.15, 0.2) is 0 Å². The maximum atomic E-state index is 11.2. The van der Waals surface area contributed by atoms with Crippen molar-refractivity contribution >= 4 is 23.6 Å². The lowest BCUT2D eigenvalue weighted by Crippen LogP contribution is -2.41. The molecular weight excluding hydrogens is 252 g/mol. The number of hydrogen-bond donors (Lipinski definition) is 5. The van der Waals surface area contributed by atoms with Crippen LogP contribution < -0.4 is 16.4 Å². The second kappa shape index (κ2) is 9.03. The van der Waals surface area contributed by atoms with Crippen molar-refractivity contribution in [3.05, 3.63) is 0 Å². The van der Waals surface area contributed by atoms with Crippen molar-refractivity contribution in [2.24, 2.45) is 5.73 Å². The minimum absolute atomic E-state index is 0.0449. The monoisotopic (exact) mass is 272 g/mol. The van der Waals surface area contributed by atoms with Crippen molar-refractivity contribution in [2.45, 2.75) is 38.6 Å². The predicted molar refractivity (Wildman–Crippen MR) is 68.6 cm³/mol. The lowest BCUT2D eigenvalue weighted by molar-refractivity contribution is -0.138. The molecule has 1 atom stereocenters. The Labute approximate surface area is 111 Å². The fraction of sp³-hybridized carbons (Fsp3) is 0.636. The Bertz CT molecular complexity index is 357. The highest BCUT2D eigenvalue weighted by Crippen LogP contribution is 1.93. The number of nitrogens with one attached hydrogen (secondary N) is 3. The van der Waals surface area contributed by atoms with Crippen molar-refractivity contribution < 1.29 is 19.5 Å². The summed E-state index contributed by atoms with van der Waals surface area (Å²) in [4.78, 5) is 32.3. The average molecular weight is 272 g/mol. The minimum Gasteiger partial charge on any atom is -0.480 e. The number of carbonyl (C=O) groups is 3. The molecule has 0 rings (SSSR count). The van der Waals surface area contributed by atoms with Crippen LogP contribution in [0.25, 0.3) is 0 Å². The molecule has 0 aromatic heterocycles. The molecule has 1 amide bonds. The van der Waals surface area contributed by atoms with E-state index >= 15 is 0 Å². The molecule has 19 heavy (non-hydrogen) atoms. The maximum Gasteiger partial charge on any atom is 0.320 e. The number of ketones is 1. The standard InChI is InChI=1S/C11H20N4O4/c1-7(16)4-5-9(17)15-11(13)14-6-2-3-8(12)10(18)19/h8H,2-6,12H2,1H3,(H,18,19)(H3,13,14,15,17). The molecule has 0 aliphatic carbocycles. The number of Topliss-reactive ketones (excluding diaryl/α,β-unsaturated/α-hetero) is 1. The van der Waals surface area contributed by atoms with E-state index in [1.54, 1.807) is 0 Å². The topological polar surface area (TPSA) is 145 Å². The summed E-state index contributed by atoms with van der Waals surface area (Å²) < 4.78 is 0. The SMILES string of the molecule is CC(=O)CCC(=O)NC(=N)NCCCC(N)C(=O)O. The normalized spacial score (nSPS) is 11.5. The molecule has 8 heteroatoms. The Morgan fingerprint density at radius 3 is 2.47 bits per heavy atom. The Hall–Kier alpha value is -1.96. The number of guanidine groups is 1. The van der Waals surface area contributed by atoms with Crippen LogP contribution in [0.5, 0.6) is 0 Å². The van der Waals surface area contributed by atoms with Gasteiger partial charge in [0.25, 0.3) is 0 Å². The van der Waals surface area contributed by atoms with Gasteiger partial charge in [-0.2, -0.15) is 0 Å². The molecule has 8 nitrogen and oxygen atoms in total. The van der Waals surface area contributed by atoms with E-state index in [9.17, 15) is 14.4 Å². The first-order chi connectivity index (χ1) is 8.82. The predicted octanol–water partition coefficient (Wildman–Crippen LogP) is -0.812. The fourth-order valence-electron chi connectivity index (χ4n) is 1.19. The maximum absolute atomic E-state index is 11.2. The third-order valence-corrected chi connectivity index (χ3v) is 2.28. The van der Waals surface area contributed by atoms with E-state index in [0.717, 1.165) is 0 Å². The quantitative estimate of drug-likeness (QED) is 0.222. The van der Waals surface area contributed by atoms with Crippen LogP contribution in [0.1, 0.15) is 32.6 Å². The van der Waals surface area contributed by atoms with Gasteiger partial charge in [-0.1, -0.05) is 0 Å². The van der Waals surface area contributed by atoms with Crippen molar-refractivity contribution in [1.82, 2.24) is 10.6 Å². The summed E-state index contributed by atoms with van der Waals surface area (Å²) in [6.45, 7) is 1.73. The zero-order valence-electron chi connectivity index (χ0n) is 10.9. The van der Waals surface area contributed by atoms with Crippen molar-refractivity contribution in [3.63, 3.8) is 0 Å². The van der Waals surface area contributed by atoms with E-state index in [2.05, 4.69) is 10.6 Å². The fourth-order valence-corrected chi connectivity index (χ4v) is 1.19. The van der Waals surface area contributed by atoms with Gasteiger partial charge in [-0.25, -0.2) is 0 Å². The van der Waals surface area contributed by atoms with Crippen molar-refractivity contribution in [1.29, 1.82) is 5.41 Å². The molecule has 0 bridgehead atoms. The van der Waals surface area contributed by atoms with Gasteiger partial charge in [0.1, 0.15) is 11.8 Å². The van der Waals surface area contributed by atoms with Gasteiger partial charge >= 0.3 is 5.97 Å². The van der Waals surface area contributed by atoms with Gasteiger partial charge in [0, 0.05) is 19.4 Å². The number of carbonyl (C=O) groups excluding carboxylic acids is 2. The molecule has 0 aliphatic rings.